The third kappa shape index (κ3) is 4.44. The molecule has 1 heterocycles. The molecule has 0 amide bonds. The van der Waals surface area contributed by atoms with Crippen LogP contribution < -0.4 is 20.1 Å². The average Bonchev–Trinajstić information content (AvgIpc) is 2.74. The summed E-state index contributed by atoms with van der Waals surface area (Å²) < 4.78 is 15.2. The molecule has 0 unspecified atom stereocenters. The van der Waals surface area contributed by atoms with E-state index in [0.29, 0.717) is 28.8 Å². The minimum atomic E-state index is -0.392. The van der Waals surface area contributed by atoms with Crippen LogP contribution in [0.15, 0.2) is 48.7 Å². The first-order chi connectivity index (χ1) is 13.6. The van der Waals surface area contributed by atoms with Crippen molar-refractivity contribution >= 4 is 29.1 Å². The van der Waals surface area contributed by atoms with Crippen molar-refractivity contribution < 1.29 is 19.0 Å². The second-order valence-electron chi connectivity index (χ2n) is 5.55. The number of carbonyl (C=O) groups excluding carboxylic acids is 1. The fourth-order valence-corrected chi connectivity index (χ4v) is 2.42. The third-order valence-corrected chi connectivity index (χ3v) is 3.78. The van der Waals surface area contributed by atoms with E-state index in [1.54, 1.807) is 50.6 Å². The van der Waals surface area contributed by atoms with Crippen molar-refractivity contribution in [3.05, 3.63) is 54.2 Å². The molecular weight excluding hydrogens is 362 g/mol. The fraction of sp³-hybridized carbons (Fsp3) is 0.158. The molecule has 2 N–H and O–H groups in total. The number of hydrogen-bond donors (Lipinski definition) is 2. The second kappa shape index (κ2) is 8.67. The van der Waals surface area contributed by atoms with Crippen molar-refractivity contribution in [2.45, 2.75) is 0 Å². The van der Waals surface area contributed by atoms with Crippen LogP contribution in [-0.4, -0.2) is 42.5 Å². The van der Waals surface area contributed by atoms with Crippen LogP contribution in [0.25, 0.3) is 0 Å². The van der Waals surface area contributed by atoms with Gasteiger partial charge in [0.05, 0.1) is 33.1 Å². The monoisotopic (exact) mass is 381 g/mol. The summed E-state index contributed by atoms with van der Waals surface area (Å²) in [7, 11) is 4.48. The number of methoxy groups -OCH3 is 3. The van der Waals surface area contributed by atoms with Crippen molar-refractivity contribution in [1.29, 1.82) is 0 Å². The fourth-order valence-electron chi connectivity index (χ4n) is 2.42. The van der Waals surface area contributed by atoms with Crippen molar-refractivity contribution in [1.82, 2.24) is 15.2 Å². The molecule has 3 rings (SSSR count). The molecule has 9 nitrogen and oxygen atoms in total. The highest BCUT2D eigenvalue weighted by atomic mass is 16.5. The van der Waals surface area contributed by atoms with Gasteiger partial charge in [0.15, 0.2) is 17.3 Å². The number of nitrogens with one attached hydrogen (secondary N) is 2. The predicted molar refractivity (Wildman–Crippen MR) is 104 cm³/mol. The Morgan fingerprint density at radius 2 is 1.61 bits per heavy atom. The molecular formula is C19H19N5O4. The van der Waals surface area contributed by atoms with Crippen LogP contribution in [0.2, 0.25) is 0 Å². The Hall–Kier alpha value is -3.88. The molecule has 0 saturated carbocycles. The molecule has 0 saturated heterocycles. The number of aromatic nitrogens is 3. The Kier molecular flexibility index (Phi) is 5.85. The van der Waals surface area contributed by atoms with Crippen LogP contribution >= 0.6 is 0 Å². The zero-order chi connectivity index (χ0) is 19.9. The number of anilines is 4. The van der Waals surface area contributed by atoms with E-state index in [1.807, 2.05) is 6.07 Å². The lowest BCUT2D eigenvalue weighted by Gasteiger charge is -2.11. The smallest absolute Gasteiger partial charge is 0.337 e. The van der Waals surface area contributed by atoms with Crippen LogP contribution in [0.1, 0.15) is 10.4 Å². The summed E-state index contributed by atoms with van der Waals surface area (Å²) in [5.74, 6) is 1.61. The SMILES string of the molecule is COC(=O)c1ccc(Nc2cnnc(Nc3ccc(OC)c(OC)c3)n2)cc1. The molecule has 1 aromatic heterocycles. The van der Waals surface area contributed by atoms with Gasteiger partial charge in [0.1, 0.15) is 0 Å². The Labute approximate surface area is 161 Å². The summed E-state index contributed by atoms with van der Waals surface area (Å²) in [6.07, 6.45) is 1.49. The molecule has 9 heteroatoms. The molecule has 2 aromatic carbocycles. The highest BCUT2D eigenvalue weighted by Crippen LogP contribution is 2.30. The molecule has 3 aromatic rings. The van der Waals surface area contributed by atoms with Crippen molar-refractivity contribution in [3.63, 3.8) is 0 Å². The van der Waals surface area contributed by atoms with Crippen molar-refractivity contribution in [3.8, 4) is 11.5 Å². The number of esters is 1. The molecule has 0 aliphatic heterocycles. The van der Waals surface area contributed by atoms with Crippen molar-refractivity contribution in [2.24, 2.45) is 0 Å². The first kappa shape index (κ1) is 18.9. The Balaban J connectivity index is 1.73. The largest absolute Gasteiger partial charge is 0.493 e. The lowest BCUT2D eigenvalue weighted by Crippen LogP contribution is -2.03. The minimum absolute atomic E-state index is 0.309. The summed E-state index contributed by atoms with van der Waals surface area (Å²) in [6, 6.07) is 12.2. The zero-order valence-corrected chi connectivity index (χ0v) is 15.6. The first-order valence-corrected chi connectivity index (χ1v) is 8.27. The van der Waals surface area contributed by atoms with Crippen LogP contribution in [0, 0.1) is 0 Å². The number of rotatable bonds is 7. The van der Waals surface area contributed by atoms with Crippen LogP contribution in [-0.2, 0) is 4.74 Å². The van der Waals surface area contributed by atoms with Gasteiger partial charge in [-0.2, -0.15) is 10.1 Å². The van der Waals surface area contributed by atoms with Crippen LogP contribution in [0.5, 0.6) is 11.5 Å². The molecule has 0 spiro atoms. The van der Waals surface area contributed by atoms with E-state index < -0.39 is 5.97 Å². The van der Waals surface area contributed by atoms with E-state index >= 15 is 0 Å². The van der Waals surface area contributed by atoms with E-state index in [4.69, 9.17) is 9.47 Å². The van der Waals surface area contributed by atoms with Gasteiger partial charge in [-0.25, -0.2) is 4.79 Å². The minimum Gasteiger partial charge on any atom is -0.493 e. The molecule has 0 fully saturated rings. The Morgan fingerprint density at radius 3 is 2.29 bits per heavy atom. The quantitative estimate of drug-likeness (QED) is 0.597. The van der Waals surface area contributed by atoms with E-state index in [9.17, 15) is 4.79 Å². The Bertz CT molecular complexity index is 963. The number of nitrogens with zero attached hydrogens (tertiary/aromatic N) is 3. The molecule has 0 atom stereocenters. The van der Waals surface area contributed by atoms with Crippen LogP contribution in [0.4, 0.5) is 23.1 Å². The predicted octanol–water partition coefficient (Wildman–Crippen LogP) is 3.16. The number of ether oxygens (including phenoxy) is 3. The summed E-state index contributed by atoms with van der Waals surface area (Å²) in [5, 5.41) is 14.1. The maximum absolute atomic E-state index is 11.5. The maximum Gasteiger partial charge on any atom is 0.337 e. The topological polar surface area (TPSA) is 107 Å². The van der Waals surface area contributed by atoms with Gasteiger partial charge in [-0.05, 0) is 36.4 Å². The van der Waals surface area contributed by atoms with E-state index in [2.05, 4.69) is 30.6 Å². The summed E-state index contributed by atoms with van der Waals surface area (Å²) in [4.78, 5) is 15.9. The van der Waals surface area contributed by atoms with Gasteiger partial charge in [0.2, 0.25) is 5.95 Å². The van der Waals surface area contributed by atoms with Gasteiger partial charge in [-0.1, -0.05) is 0 Å². The van der Waals surface area contributed by atoms with Gasteiger partial charge < -0.3 is 24.8 Å². The lowest BCUT2D eigenvalue weighted by atomic mass is 10.2. The van der Waals surface area contributed by atoms with Gasteiger partial charge in [0.25, 0.3) is 0 Å². The Morgan fingerprint density at radius 1 is 0.893 bits per heavy atom. The van der Waals surface area contributed by atoms with E-state index in [0.717, 1.165) is 11.4 Å². The van der Waals surface area contributed by atoms with Gasteiger partial charge in [-0.3, -0.25) is 0 Å². The van der Waals surface area contributed by atoms with E-state index in [-0.39, 0.29) is 0 Å². The molecule has 0 radical (unpaired) electrons. The molecule has 0 aliphatic rings. The molecule has 0 aliphatic carbocycles. The highest BCUT2D eigenvalue weighted by Gasteiger charge is 2.08. The van der Waals surface area contributed by atoms with Crippen molar-refractivity contribution in [2.75, 3.05) is 32.0 Å². The number of benzene rings is 2. The average molecular weight is 381 g/mol. The zero-order valence-electron chi connectivity index (χ0n) is 15.6. The summed E-state index contributed by atoms with van der Waals surface area (Å²) in [6.45, 7) is 0. The molecule has 0 bridgehead atoms. The van der Waals surface area contributed by atoms with Gasteiger partial charge >= 0.3 is 5.97 Å². The van der Waals surface area contributed by atoms with E-state index in [1.165, 1.54) is 13.3 Å². The summed E-state index contributed by atoms with van der Waals surface area (Å²) >= 11 is 0. The highest BCUT2D eigenvalue weighted by molar-refractivity contribution is 5.89. The lowest BCUT2D eigenvalue weighted by molar-refractivity contribution is 0.0601. The van der Waals surface area contributed by atoms with Crippen LogP contribution in [0.3, 0.4) is 0 Å². The standard InChI is InChI=1S/C19H19N5O4/c1-26-15-9-8-14(10-16(15)27-2)22-19-23-17(11-20-24-19)21-13-6-4-12(5-7-13)18(25)28-3/h4-11H,1-3H3,(H2,21,22,23,24). The van der Waals surface area contributed by atoms with Gasteiger partial charge in [-0.15, -0.1) is 5.10 Å². The first-order valence-electron chi connectivity index (χ1n) is 8.27. The number of carbonyl (C=O) groups is 1. The molecule has 28 heavy (non-hydrogen) atoms. The normalized spacial score (nSPS) is 10.1. The second-order valence-corrected chi connectivity index (χ2v) is 5.55. The number of hydrogen-bond acceptors (Lipinski definition) is 9. The summed E-state index contributed by atoms with van der Waals surface area (Å²) in [5.41, 5.74) is 1.92. The third-order valence-electron chi connectivity index (χ3n) is 3.78. The molecule has 144 valence electrons. The maximum atomic E-state index is 11.5. The van der Waals surface area contributed by atoms with Gasteiger partial charge in [0, 0.05) is 17.4 Å².